The second-order valence-electron chi connectivity index (χ2n) is 3.19. The van der Waals surface area contributed by atoms with E-state index in [-0.39, 0.29) is 0 Å². The minimum absolute atomic E-state index is 0.314. The standard InChI is InChI=1S/C8H7F3N2O4/c9-8(10,11)4(7(16)17)3-13-6(15)2-1-5(14)12-13/h1-2,4H,3H2,(H,12,14)(H,16,17). The minimum atomic E-state index is -5.00. The Morgan fingerprint density at radius 1 is 1.41 bits per heavy atom. The van der Waals surface area contributed by atoms with Crippen LogP contribution in [-0.2, 0) is 11.3 Å². The number of H-pyrrole nitrogens is 1. The monoisotopic (exact) mass is 252 g/mol. The average Bonchev–Trinajstić information content (AvgIpc) is 2.17. The molecule has 0 spiro atoms. The molecular formula is C8H7F3N2O4. The largest absolute Gasteiger partial charge is 0.481 e. The van der Waals surface area contributed by atoms with E-state index in [4.69, 9.17) is 5.11 Å². The molecule has 0 bridgehead atoms. The number of hydrogen-bond donors (Lipinski definition) is 2. The molecule has 0 radical (unpaired) electrons. The fourth-order valence-electron chi connectivity index (χ4n) is 1.10. The van der Waals surface area contributed by atoms with Crippen molar-refractivity contribution >= 4 is 5.97 Å². The lowest BCUT2D eigenvalue weighted by Gasteiger charge is -2.16. The van der Waals surface area contributed by atoms with Crippen LogP contribution in [0.1, 0.15) is 0 Å². The second kappa shape index (κ2) is 4.44. The van der Waals surface area contributed by atoms with Crippen LogP contribution < -0.4 is 11.1 Å². The summed E-state index contributed by atoms with van der Waals surface area (Å²) in [5.74, 6) is -4.87. The predicted octanol–water partition coefficient (Wildman–Crippen LogP) is -0.200. The average molecular weight is 252 g/mol. The van der Waals surface area contributed by atoms with Gasteiger partial charge >= 0.3 is 12.1 Å². The summed E-state index contributed by atoms with van der Waals surface area (Å²) in [6.07, 6.45) is -5.00. The lowest BCUT2D eigenvalue weighted by Crippen LogP contribution is -2.39. The smallest absolute Gasteiger partial charge is 0.404 e. The van der Waals surface area contributed by atoms with Gasteiger partial charge in [0, 0.05) is 12.1 Å². The van der Waals surface area contributed by atoms with Crippen LogP contribution in [0.4, 0.5) is 13.2 Å². The van der Waals surface area contributed by atoms with E-state index in [1.54, 1.807) is 0 Å². The summed E-state index contributed by atoms with van der Waals surface area (Å²) in [4.78, 5) is 32.3. The first-order valence-corrected chi connectivity index (χ1v) is 4.31. The lowest BCUT2D eigenvalue weighted by atomic mass is 10.1. The number of rotatable bonds is 3. The third kappa shape index (κ3) is 3.20. The molecule has 1 rings (SSSR count). The van der Waals surface area contributed by atoms with Crippen LogP contribution in [0.2, 0.25) is 0 Å². The molecule has 0 saturated heterocycles. The van der Waals surface area contributed by atoms with Gasteiger partial charge in [0.15, 0.2) is 5.92 Å². The van der Waals surface area contributed by atoms with Gasteiger partial charge in [-0.3, -0.25) is 19.5 Å². The molecule has 0 saturated carbocycles. The highest BCUT2D eigenvalue weighted by Gasteiger charge is 2.45. The number of aliphatic carboxylic acids is 1. The first-order valence-electron chi connectivity index (χ1n) is 4.31. The third-order valence-corrected chi connectivity index (χ3v) is 1.95. The zero-order valence-corrected chi connectivity index (χ0v) is 8.19. The van der Waals surface area contributed by atoms with Crippen molar-refractivity contribution in [2.45, 2.75) is 12.7 Å². The maximum Gasteiger partial charge on any atom is 0.404 e. The zero-order chi connectivity index (χ0) is 13.2. The van der Waals surface area contributed by atoms with Crippen molar-refractivity contribution in [1.82, 2.24) is 9.78 Å². The molecule has 1 atom stereocenters. The van der Waals surface area contributed by atoms with Gasteiger partial charge in [0.25, 0.3) is 11.1 Å². The van der Waals surface area contributed by atoms with Crippen molar-refractivity contribution < 1.29 is 23.1 Å². The summed E-state index contributed by atoms with van der Waals surface area (Å²) in [6.45, 7) is -1.17. The molecule has 0 aliphatic carbocycles. The number of aromatic amines is 1. The van der Waals surface area contributed by atoms with Crippen molar-refractivity contribution in [3.63, 3.8) is 0 Å². The summed E-state index contributed by atoms with van der Waals surface area (Å²) in [5, 5.41) is 10.2. The molecule has 0 aliphatic rings. The Bertz CT molecular complexity index is 531. The van der Waals surface area contributed by atoms with Crippen LogP contribution in [0.3, 0.4) is 0 Å². The van der Waals surface area contributed by atoms with Gasteiger partial charge in [-0.05, 0) is 0 Å². The molecule has 2 N–H and O–H groups in total. The highest BCUT2D eigenvalue weighted by molar-refractivity contribution is 5.70. The Labute approximate surface area is 91.3 Å². The van der Waals surface area contributed by atoms with Gasteiger partial charge in [0.2, 0.25) is 0 Å². The Hall–Kier alpha value is -2.06. The molecular weight excluding hydrogens is 245 g/mol. The van der Waals surface area contributed by atoms with Gasteiger partial charge in [-0.25, -0.2) is 4.68 Å². The summed E-state index contributed by atoms with van der Waals surface area (Å²) in [5.41, 5.74) is -1.71. The first kappa shape index (κ1) is 13.0. The van der Waals surface area contributed by atoms with Gasteiger partial charge in [-0.15, -0.1) is 0 Å². The van der Waals surface area contributed by atoms with E-state index in [0.717, 1.165) is 12.1 Å². The van der Waals surface area contributed by atoms with Crippen LogP contribution in [0, 0.1) is 5.92 Å². The highest BCUT2D eigenvalue weighted by atomic mass is 19.4. The number of carbonyl (C=O) groups is 1. The molecule has 1 unspecified atom stereocenters. The maximum atomic E-state index is 12.3. The number of carboxylic acid groups (broad SMARTS) is 1. The van der Waals surface area contributed by atoms with Gasteiger partial charge in [0.05, 0.1) is 6.54 Å². The summed E-state index contributed by atoms with van der Waals surface area (Å²) < 4.78 is 37.2. The van der Waals surface area contributed by atoms with E-state index in [1.165, 1.54) is 0 Å². The number of nitrogens with zero attached hydrogens (tertiary/aromatic N) is 1. The van der Waals surface area contributed by atoms with Crippen LogP contribution in [0.15, 0.2) is 21.7 Å². The van der Waals surface area contributed by atoms with Gasteiger partial charge in [-0.1, -0.05) is 0 Å². The van der Waals surface area contributed by atoms with Gasteiger partial charge < -0.3 is 5.11 Å². The number of alkyl halides is 3. The number of nitrogens with one attached hydrogen (secondary N) is 1. The quantitative estimate of drug-likeness (QED) is 0.779. The van der Waals surface area contributed by atoms with Crippen molar-refractivity contribution in [2.24, 2.45) is 5.92 Å². The Morgan fingerprint density at radius 3 is 2.47 bits per heavy atom. The molecule has 94 valence electrons. The summed E-state index contributed by atoms with van der Waals surface area (Å²) in [7, 11) is 0. The molecule has 17 heavy (non-hydrogen) atoms. The van der Waals surface area contributed by atoms with Crippen LogP contribution in [-0.4, -0.2) is 27.0 Å². The van der Waals surface area contributed by atoms with E-state index >= 15 is 0 Å². The van der Waals surface area contributed by atoms with E-state index in [0.29, 0.717) is 4.68 Å². The minimum Gasteiger partial charge on any atom is -0.481 e. The van der Waals surface area contributed by atoms with E-state index in [1.807, 2.05) is 5.10 Å². The molecule has 0 aliphatic heterocycles. The Morgan fingerprint density at radius 2 is 2.00 bits per heavy atom. The fourth-order valence-corrected chi connectivity index (χ4v) is 1.10. The van der Waals surface area contributed by atoms with Gasteiger partial charge in [0.1, 0.15) is 0 Å². The molecule has 0 fully saturated rings. The first-order chi connectivity index (χ1) is 7.71. The number of halogens is 3. The number of aromatic nitrogens is 2. The molecule has 0 amide bonds. The summed E-state index contributed by atoms with van der Waals surface area (Å²) in [6, 6.07) is 1.59. The van der Waals surface area contributed by atoms with Gasteiger partial charge in [-0.2, -0.15) is 13.2 Å². The van der Waals surface area contributed by atoms with E-state index < -0.39 is 35.7 Å². The highest BCUT2D eigenvalue weighted by Crippen LogP contribution is 2.27. The normalized spacial score (nSPS) is 13.4. The maximum absolute atomic E-state index is 12.3. The molecule has 1 heterocycles. The SMILES string of the molecule is O=C(O)C(Cn1[nH]c(=O)ccc1=O)C(F)(F)F. The van der Waals surface area contributed by atoms with Crippen molar-refractivity contribution in [3.8, 4) is 0 Å². The van der Waals surface area contributed by atoms with E-state index in [2.05, 4.69) is 0 Å². The fraction of sp³-hybridized carbons (Fsp3) is 0.375. The molecule has 0 aromatic carbocycles. The molecule has 9 heteroatoms. The zero-order valence-electron chi connectivity index (χ0n) is 8.19. The lowest BCUT2D eigenvalue weighted by molar-refractivity contribution is -0.196. The van der Waals surface area contributed by atoms with Crippen molar-refractivity contribution in [2.75, 3.05) is 0 Å². The number of carboxylic acids is 1. The topological polar surface area (TPSA) is 92.2 Å². The van der Waals surface area contributed by atoms with Crippen molar-refractivity contribution in [3.05, 3.63) is 32.8 Å². The van der Waals surface area contributed by atoms with Crippen LogP contribution in [0.25, 0.3) is 0 Å². The number of hydrogen-bond acceptors (Lipinski definition) is 3. The molecule has 1 aromatic rings. The van der Waals surface area contributed by atoms with Crippen molar-refractivity contribution in [1.29, 1.82) is 0 Å². The molecule has 1 aromatic heterocycles. The molecule has 6 nitrogen and oxygen atoms in total. The third-order valence-electron chi connectivity index (χ3n) is 1.95. The summed E-state index contributed by atoms with van der Waals surface area (Å²) >= 11 is 0. The predicted molar refractivity (Wildman–Crippen MR) is 48.5 cm³/mol. The van der Waals surface area contributed by atoms with Crippen LogP contribution >= 0.6 is 0 Å². The Balaban J connectivity index is 3.11. The van der Waals surface area contributed by atoms with Crippen LogP contribution in [0.5, 0.6) is 0 Å². The Kier molecular flexibility index (Phi) is 3.39. The second-order valence-corrected chi connectivity index (χ2v) is 3.19. The van der Waals surface area contributed by atoms with E-state index in [9.17, 15) is 27.6 Å².